The molecule has 1 aromatic carbocycles. The molecular weight excluding hydrogens is 292 g/mol. The Labute approximate surface area is 108 Å². The van der Waals surface area contributed by atoms with Crippen LogP contribution in [0.4, 0.5) is 8.78 Å². The van der Waals surface area contributed by atoms with Gasteiger partial charge in [-0.3, -0.25) is 4.79 Å². The molecule has 1 amide bonds. The van der Waals surface area contributed by atoms with Crippen molar-refractivity contribution in [3.05, 3.63) is 35.4 Å². The number of alkyl halides is 1. The molecule has 0 radical (unpaired) electrons. The molecule has 0 heterocycles. The number of rotatable bonds is 6. The molecule has 1 rings (SSSR count). The Morgan fingerprint density at radius 3 is 2.71 bits per heavy atom. The fourth-order valence-electron chi connectivity index (χ4n) is 1.36. The molecule has 1 aromatic rings. The third-order valence-electron chi connectivity index (χ3n) is 2.27. The molecule has 2 nitrogen and oxygen atoms in total. The van der Waals surface area contributed by atoms with Gasteiger partial charge in [0.05, 0.1) is 5.56 Å². The van der Waals surface area contributed by atoms with Crippen LogP contribution in [-0.4, -0.2) is 17.8 Å². The van der Waals surface area contributed by atoms with Crippen LogP contribution >= 0.6 is 15.9 Å². The largest absolute Gasteiger partial charge is 0.352 e. The van der Waals surface area contributed by atoms with Gasteiger partial charge in [-0.05, 0) is 31.0 Å². The van der Waals surface area contributed by atoms with Crippen molar-refractivity contribution in [2.75, 3.05) is 11.9 Å². The molecule has 0 aliphatic heterocycles. The van der Waals surface area contributed by atoms with Crippen LogP contribution in [0.2, 0.25) is 0 Å². The van der Waals surface area contributed by atoms with Crippen molar-refractivity contribution in [3.63, 3.8) is 0 Å². The lowest BCUT2D eigenvalue weighted by Gasteiger charge is -2.05. The maximum absolute atomic E-state index is 13.2. The Morgan fingerprint density at radius 2 is 2.00 bits per heavy atom. The lowest BCUT2D eigenvalue weighted by Crippen LogP contribution is -2.25. The second kappa shape index (κ2) is 7.37. The van der Waals surface area contributed by atoms with Crippen LogP contribution in [0.5, 0.6) is 0 Å². The monoisotopic (exact) mass is 305 g/mol. The summed E-state index contributed by atoms with van der Waals surface area (Å²) in [6, 6.07) is 2.85. The van der Waals surface area contributed by atoms with Crippen LogP contribution in [0, 0.1) is 11.6 Å². The molecule has 0 saturated heterocycles. The van der Waals surface area contributed by atoms with Gasteiger partial charge in [0.2, 0.25) is 0 Å². The molecule has 0 aliphatic carbocycles. The van der Waals surface area contributed by atoms with E-state index in [1.54, 1.807) is 0 Å². The number of nitrogens with one attached hydrogen (secondary N) is 1. The molecule has 0 atom stereocenters. The minimum atomic E-state index is -0.704. The van der Waals surface area contributed by atoms with Crippen molar-refractivity contribution >= 4 is 21.8 Å². The maximum atomic E-state index is 13.2. The molecule has 0 fully saturated rings. The van der Waals surface area contributed by atoms with Crippen LogP contribution in [0.3, 0.4) is 0 Å². The number of hydrogen-bond acceptors (Lipinski definition) is 1. The normalized spacial score (nSPS) is 10.3. The Bertz CT molecular complexity index is 385. The van der Waals surface area contributed by atoms with E-state index in [1.807, 2.05) is 0 Å². The van der Waals surface area contributed by atoms with Crippen molar-refractivity contribution in [3.8, 4) is 0 Å². The molecule has 17 heavy (non-hydrogen) atoms. The second-order valence-corrected chi connectivity index (χ2v) is 4.42. The third kappa shape index (κ3) is 4.81. The van der Waals surface area contributed by atoms with Gasteiger partial charge in [0.15, 0.2) is 0 Å². The van der Waals surface area contributed by atoms with Crippen LogP contribution in [0.15, 0.2) is 18.2 Å². The Kier molecular flexibility index (Phi) is 6.11. The highest BCUT2D eigenvalue weighted by molar-refractivity contribution is 9.09. The van der Waals surface area contributed by atoms with E-state index in [9.17, 15) is 13.6 Å². The predicted octanol–water partition coefficient (Wildman–Crippen LogP) is 3.26. The van der Waals surface area contributed by atoms with Gasteiger partial charge in [-0.1, -0.05) is 22.4 Å². The summed E-state index contributed by atoms with van der Waals surface area (Å²) in [7, 11) is 0. The first-order chi connectivity index (χ1) is 8.15. The van der Waals surface area contributed by atoms with Gasteiger partial charge in [0, 0.05) is 11.9 Å². The first-order valence-corrected chi connectivity index (χ1v) is 6.56. The highest BCUT2D eigenvalue weighted by Crippen LogP contribution is 2.09. The summed E-state index contributed by atoms with van der Waals surface area (Å²) in [5, 5.41) is 3.50. The van der Waals surface area contributed by atoms with Crippen molar-refractivity contribution < 1.29 is 13.6 Å². The van der Waals surface area contributed by atoms with E-state index in [0.717, 1.165) is 42.8 Å². The van der Waals surface area contributed by atoms with Crippen LogP contribution in [-0.2, 0) is 0 Å². The van der Waals surface area contributed by atoms with Gasteiger partial charge in [0.1, 0.15) is 11.6 Å². The summed E-state index contributed by atoms with van der Waals surface area (Å²) in [5.41, 5.74) is -0.245. The average Bonchev–Trinajstić information content (AvgIpc) is 2.32. The van der Waals surface area contributed by atoms with E-state index in [2.05, 4.69) is 21.2 Å². The van der Waals surface area contributed by atoms with Crippen LogP contribution < -0.4 is 5.32 Å². The third-order valence-corrected chi connectivity index (χ3v) is 2.83. The summed E-state index contributed by atoms with van der Waals surface area (Å²) >= 11 is 3.31. The van der Waals surface area contributed by atoms with Crippen molar-refractivity contribution in [2.45, 2.75) is 19.3 Å². The number of benzene rings is 1. The Hall–Kier alpha value is -0.970. The molecule has 0 aromatic heterocycles. The zero-order valence-corrected chi connectivity index (χ0v) is 10.9. The molecular formula is C12H14BrF2NO. The zero-order chi connectivity index (χ0) is 12.7. The summed E-state index contributed by atoms with van der Waals surface area (Å²) in [6.45, 7) is 0.474. The Balaban J connectivity index is 2.44. The van der Waals surface area contributed by atoms with E-state index in [-0.39, 0.29) is 5.56 Å². The van der Waals surface area contributed by atoms with E-state index < -0.39 is 17.5 Å². The molecule has 0 saturated carbocycles. The topological polar surface area (TPSA) is 29.1 Å². The quantitative estimate of drug-likeness (QED) is 0.634. The summed E-state index contributed by atoms with van der Waals surface area (Å²) in [4.78, 5) is 11.5. The molecule has 5 heteroatoms. The molecule has 0 unspecified atom stereocenters. The summed E-state index contributed by atoms with van der Waals surface area (Å²) in [5.74, 6) is -1.89. The van der Waals surface area contributed by atoms with E-state index >= 15 is 0 Å². The van der Waals surface area contributed by atoms with Gasteiger partial charge >= 0.3 is 0 Å². The van der Waals surface area contributed by atoms with Gasteiger partial charge in [0.25, 0.3) is 5.91 Å². The van der Waals surface area contributed by atoms with Gasteiger partial charge in [-0.2, -0.15) is 0 Å². The van der Waals surface area contributed by atoms with Crippen LogP contribution in [0.1, 0.15) is 29.6 Å². The SMILES string of the molecule is O=C(NCCCCCBr)c1cc(F)ccc1F. The number of halogens is 3. The molecule has 1 N–H and O–H groups in total. The first-order valence-electron chi connectivity index (χ1n) is 5.44. The second-order valence-electron chi connectivity index (χ2n) is 3.63. The highest BCUT2D eigenvalue weighted by Gasteiger charge is 2.11. The minimum Gasteiger partial charge on any atom is -0.352 e. The maximum Gasteiger partial charge on any atom is 0.254 e. The number of carbonyl (C=O) groups is 1. The van der Waals surface area contributed by atoms with Crippen molar-refractivity contribution in [1.82, 2.24) is 5.32 Å². The first kappa shape index (κ1) is 14.1. The van der Waals surface area contributed by atoms with Crippen LogP contribution in [0.25, 0.3) is 0 Å². The molecule has 0 aliphatic rings. The standard InChI is InChI=1S/C12H14BrF2NO/c13-6-2-1-3-7-16-12(17)10-8-9(14)4-5-11(10)15/h4-5,8H,1-3,6-7H2,(H,16,17). The average molecular weight is 306 g/mol. The Morgan fingerprint density at radius 1 is 1.24 bits per heavy atom. The highest BCUT2D eigenvalue weighted by atomic mass is 79.9. The predicted molar refractivity (Wildman–Crippen MR) is 66.3 cm³/mol. The number of hydrogen-bond donors (Lipinski definition) is 1. The summed E-state index contributed by atoms with van der Waals surface area (Å²) in [6.07, 6.45) is 2.84. The van der Waals surface area contributed by atoms with Crippen molar-refractivity contribution in [1.29, 1.82) is 0 Å². The summed E-state index contributed by atoms with van der Waals surface area (Å²) < 4.78 is 26.1. The number of carbonyl (C=O) groups excluding carboxylic acids is 1. The van der Waals surface area contributed by atoms with E-state index in [1.165, 1.54) is 0 Å². The lowest BCUT2D eigenvalue weighted by atomic mass is 10.2. The van der Waals surface area contributed by atoms with Crippen molar-refractivity contribution in [2.24, 2.45) is 0 Å². The number of unbranched alkanes of at least 4 members (excludes halogenated alkanes) is 2. The molecule has 94 valence electrons. The van der Waals surface area contributed by atoms with Gasteiger partial charge in [-0.15, -0.1) is 0 Å². The zero-order valence-electron chi connectivity index (χ0n) is 9.31. The fourth-order valence-corrected chi connectivity index (χ4v) is 1.76. The molecule has 0 bridgehead atoms. The fraction of sp³-hybridized carbons (Fsp3) is 0.417. The minimum absolute atomic E-state index is 0.245. The molecule has 0 spiro atoms. The smallest absolute Gasteiger partial charge is 0.254 e. The van der Waals surface area contributed by atoms with Gasteiger partial charge < -0.3 is 5.32 Å². The van der Waals surface area contributed by atoms with E-state index in [4.69, 9.17) is 0 Å². The van der Waals surface area contributed by atoms with E-state index in [0.29, 0.717) is 6.54 Å². The van der Waals surface area contributed by atoms with Gasteiger partial charge in [-0.25, -0.2) is 8.78 Å². The lowest BCUT2D eigenvalue weighted by molar-refractivity contribution is 0.0948. The number of amides is 1.